The van der Waals surface area contributed by atoms with Gasteiger partial charge in [0.15, 0.2) is 0 Å². The minimum atomic E-state index is -0.418. The first-order valence-corrected chi connectivity index (χ1v) is 6.63. The van der Waals surface area contributed by atoms with Gasteiger partial charge in [-0.2, -0.15) is 5.10 Å². The quantitative estimate of drug-likeness (QED) is 0.788. The first-order chi connectivity index (χ1) is 10.1. The molecule has 2 aromatic heterocycles. The molecule has 0 spiro atoms. The van der Waals surface area contributed by atoms with E-state index < -0.39 is 5.82 Å². The lowest BCUT2D eigenvalue weighted by molar-refractivity contribution is 0.622. The van der Waals surface area contributed by atoms with Crippen LogP contribution >= 0.6 is 11.6 Å². The zero-order valence-corrected chi connectivity index (χ0v) is 12.0. The fourth-order valence-corrected chi connectivity index (χ4v) is 2.31. The Labute approximate surface area is 126 Å². The van der Waals surface area contributed by atoms with E-state index in [-0.39, 0.29) is 0 Å². The van der Waals surface area contributed by atoms with Gasteiger partial charge in [-0.05, 0) is 23.8 Å². The molecule has 4 nitrogen and oxygen atoms in total. The number of aromatic nitrogens is 3. The highest BCUT2D eigenvalue weighted by Crippen LogP contribution is 2.36. The Kier molecular flexibility index (Phi) is 3.35. The summed E-state index contributed by atoms with van der Waals surface area (Å²) in [6.45, 7) is 0. The van der Waals surface area contributed by atoms with Crippen molar-refractivity contribution in [2.75, 3.05) is 5.73 Å². The number of nitrogens with two attached hydrogens (primary N) is 1. The lowest BCUT2D eigenvalue weighted by Gasteiger charge is -2.04. The predicted molar refractivity (Wildman–Crippen MR) is 81.3 cm³/mol. The number of anilines is 1. The van der Waals surface area contributed by atoms with Crippen molar-refractivity contribution in [1.82, 2.24) is 14.8 Å². The van der Waals surface area contributed by atoms with E-state index in [0.717, 1.165) is 17.3 Å². The Hall–Kier alpha value is -2.40. The van der Waals surface area contributed by atoms with Crippen molar-refractivity contribution in [3.8, 4) is 22.4 Å². The first kappa shape index (κ1) is 13.6. The average molecular weight is 303 g/mol. The minimum absolute atomic E-state index is 0.418. The largest absolute Gasteiger partial charge is 0.383 e. The minimum Gasteiger partial charge on any atom is -0.383 e. The van der Waals surface area contributed by atoms with Crippen LogP contribution in [-0.4, -0.2) is 14.8 Å². The summed E-state index contributed by atoms with van der Waals surface area (Å²) in [6.07, 6.45) is 2.71. The third kappa shape index (κ3) is 2.48. The molecule has 0 aliphatic rings. The maximum Gasteiger partial charge on any atom is 0.142 e. The Bertz CT molecular complexity index is 796. The molecule has 0 fully saturated rings. The molecule has 0 unspecified atom stereocenters. The highest BCUT2D eigenvalue weighted by atomic mass is 35.5. The van der Waals surface area contributed by atoms with Crippen molar-refractivity contribution >= 4 is 17.4 Å². The number of benzene rings is 1. The molecule has 0 atom stereocenters. The third-order valence-electron chi connectivity index (χ3n) is 3.20. The van der Waals surface area contributed by atoms with E-state index in [0.29, 0.717) is 22.1 Å². The van der Waals surface area contributed by atoms with Gasteiger partial charge in [-0.15, -0.1) is 0 Å². The van der Waals surface area contributed by atoms with Crippen molar-refractivity contribution in [3.63, 3.8) is 0 Å². The molecule has 3 aromatic rings. The van der Waals surface area contributed by atoms with Gasteiger partial charge in [0.2, 0.25) is 0 Å². The van der Waals surface area contributed by atoms with E-state index in [1.165, 1.54) is 6.07 Å². The second kappa shape index (κ2) is 5.18. The highest BCUT2D eigenvalue weighted by Gasteiger charge is 2.18. The summed E-state index contributed by atoms with van der Waals surface area (Å²) in [7, 11) is 1.74. The molecule has 0 radical (unpaired) electrons. The van der Waals surface area contributed by atoms with Crippen LogP contribution in [0.15, 0.2) is 42.7 Å². The van der Waals surface area contributed by atoms with E-state index >= 15 is 0 Å². The lowest BCUT2D eigenvalue weighted by Crippen LogP contribution is -1.97. The second-order valence-corrected chi connectivity index (χ2v) is 5.07. The van der Waals surface area contributed by atoms with Crippen molar-refractivity contribution in [1.29, 1.82) is 0 Å². The number of hydrogen-bond acceptors (Lipinski definition) is 3. The molecule has 0 bridgehead atoms. The van der Waals surface area contributed by atoms with Gasteiger partial charge in [-0.1, -0.05) is 23.7 Å². The van der Waals surface area contributed by atoms with Crippen LogP contribution in [0.2, 0.25) is 5.02 Å². The molecule has 0 saturated carbocycles. The molecule has 6 heteroatoms. The number of pyridine rings is 1. The third-order valence-corrected chi connectivity index (χ3v) is 3.45. The molecule has 2 heterocycles. The molecular weight excluding hydrogens is 291 g/mol. The maximum atomic E-state index is 13.4. The summed E-state index contributed by atoms with van der Waals surface area (Å²) in [4.78, 5) is 3.86. The fourth-order valence-electron chi connectivity index (χ4n) is 2.18. The Morgan fingerprint density at radius 1 is 1.14 bits per heavy atom. The smallest absolute Gasteiger partial charge is 0.142 e. The van der Waals surface area contributed by atoms with Gasteiger partial charge in [-0.3, -0.25) is 9.67 Å². The molecule has 0 saturated heterocycles. The van der Waals surface area contributed by atoms with Gasteiger partial charge in [0, 0.05) is 23.8 Å². The normalized spacial score (nSPS) is 10.8. The predicted octanol–water partition coefficient (Wildman–Crippen LogP) is 3.52. The van der Waals surface area contributed by atoms with Crippen LogP contribution < -0.4 is 5.73 Å². The summed E-state index contributed by atoms with van der Waals surface area (Å²) in [5, 5.41) is 5.01. The molecular formula is C15H12ClFN4. The maximum absolute atomic E-state index is 13.4. The van der Waals surface area contributed by atoms with Crippen molar-refractivity contribution < 1.29 is 4.39 Å². The van der Waals surface area contributed by atoms with E-state index in [4.69, 9.17) is 17.3 Å². The van der Waals surface area contributed by atoms with Gasteiger partial charge in [0.05, 0.1) is 11.8 Å². The number of halogens is 2. The van der Waals surface area contributed by atoms with Crippen molar-refractivity contribution in [2.24, 2.45) is 7.05 Å². The topological polar surface area (TPSA) is 56.7 Å². The van der Waals surface area contributed by atoms with Gasteiger partial charge in [-0.25, -0.2) is 4.39 Å². The molecule has 0 aliphatic heterocycles. The number of aryl methyl sites for hydroxylation is 1. The molecule has 0 aliphatic carbocycles. The Morgan fingerprint density at radius 2 is 1.86 bits per heavy atom. The molecule has 2 N–H and O–H groups in total. The van der Waals surface area contributed by atoms with Crippen LogP contribution in [0.1, 0.15) is 0 Å². The van der Waals surface area contributed by atoms with E-state index in [1.807, 2.05) is 12.1 Å². The molecule has 1 aromatic carbocycles. The average Bonchev–Trinajstić information content (AvgIpc) is 2.76. The lowest BCUT2D eigenvalue weighted by atomic mass is 10.0. The van der Waals surface area contributed by atoms with Crippen molar-refractivity contribution in [2.45, 2.75) is 0 Å². The number of nitrogens with zero attached hydrogens (tertiary/aromatic N) is 3. The zero-order valence-electron chi connectivity index (χ0n) is 11.2. The van der Waals surface area contributed by atoms with Crippen LogP contribution in [0.4, 0.5) is 10.2 Å². The van der Waals surface area contributed by atoms with E-state index in [2.05, 4.69) is 10.1 Å². The Balaban J connectivity index is 2.23. The zero-order chi connectivity index (χ0) is 15.0. The number of rotatable bonds is 2. The molecule has 0 amide bonds. The standard InChI is InChI=1S/C15H12ClFN4/c1-21-15(18)13(9-2-4-11(16)5-3-9)14(20-21)10-6-12(17)8-19-7-10/h2-8H,18H2,1H3. The summed E-state index contributed by atoms with van der Waals surface area (Å²) in [5.41, 5.74) is 8.87. The molecule has 106 valence electrons. The SMILES string of the molecule is Cn1nc(-c2cncc(F)c2)c(-c2ccc(Cl)cc2)c1N. The summed E-state index contributed by atoms with van der Waals surface area (Å²) in [5.74, 6) is 0.0790. The van der Waals surface area contributed by atoms with Crippen LogP contribution in [0.5, 0.6) is 0 Å². The summed E-state index contributed by atoms with van der Waals surface area (Å²) in [6, 6.07) is 8.64. The second-order valence-electron chi connectivity index (χ2n) is 4.63. The first-order valence-electron chi connectivity index (χ1n) is 6.25. The number of nitrogen functional groups attached to an aromatic ring is 1. The van der Waals surface area contributed by atoms with E-state index in [1.54, 1.807) is 30.1 Å². The summed E-state index contributed by atoms with van der Waals surface area (Å²) >= 11 is 5.91. The van der Waals surface area contributed by atoms with Gasteiger partial charge in [0.1, 0.15) is 17.3 Å². The molecule has 21 heavy (non-hydrogen) atoms. The highest BCUT2D eigenvalue weighted by molar-refractivity contribution is 6.30. The van der Waals surface area contributed by atoms with Crippen LogP contribution in [0, 0.1) is 5.82 Å². The van der Waals surface area contributed by atoms with Gasteiger partial charge < -0.3 is 5.73 Å². The van der Waals surface area contributed by atoms with Gasteiger partial charge >= 0.3 is 0 Å². The van der Waals surface area contributed by atoms with Gasteiger partial charge in [0.25, 0.3) is 0 Å². The Morgan fingerprint density at radius 3 is 2.52 bits per heavy atom. The number of hydrogen-bond donors (Lipinski definition) is 1. The monoisotopic (exact) mass is 302 g/mol. The van der Waals surface area contributed by atoms with Crippen LogP contribution in [0.25, 0.3) is 22.4 Å². The van der Waals surface area contributed by atoms with Crippen molar-refractivity contribution in [3.05, 3.63) is 53.6 Å². The van der Waals surface area contributed by atoms with Crippen LogP contribution in [-0.2, 0) is 7.05 Å². The van der Waals surface area contributed by atoms with Crippen LogP contribution in [0.3, 0.4) is 0 Å². The summed E-state index contributed by atoms with van der Waals surface area (Å²) < 4.78 is 15.0. The fraction of sp³-hybridized carbons (Fsp3) is 0.0667. The van der Waals surface area contributed by atoms with E-state index in [9.17, 15) is 4.39 Å². The molecule has 3 rings (SSSR count).